The molecule has 1 aliphatic rings. The van der Waals surface area contributed by atoms with E-state index >= 15 is 0 Å². The van der Waals surface area contributed by atoms with Gasteiger partial charge in [-0.15, -0.1) is 0 Å². The molecule has 0 aromatic carbocycles. The smallest absolute Gasteiger partial charge is 0.209 e. The quantitative estimate of drug-likeness (QED) is 0.816. The molecule has 1 fully saturated rings. The van der Waals surface area contributed by atoms with Crippen LogP contribution in [-0.4, -0.2) is 43.2 Å². The van der Waals surface area contributed by atoms with Crippen molar-refractivity contribution in [2.45, 2.75) is 45.2 Å². The first-order valence-corrected chi connectivity index (χ1v) is 8.81. The zero-order valence-corrected chi connectivity index (χ0v) is 13.3. The molecule has 0 aliphatic carbocycles. The van der Waals surface area contributed by atoms with E-state index in [0.717, 1.165) is 17.3 Å². The van der Waals surface area contributed by atoms with E-state index < -0.39 is 15.6 Å². The number of aliphatic imine (C=N–C) groups is 1. The summed E-state index contributed by atoms with van der Waals surface area (Å²) in [5, 5.41) is 4.26. The van der Waals surface area contributed by atoms with Crippen LogP contribution in [0.5, 0.6) is 0 Å². The Bertz CT molecular complexity index is 428. The lowest BCUT2D eigenvalue weighted by atomic mass is 10.0. The standard InChI is InChI=1S/C11H23N3O2S2/c1-10(2)6-7-17-9(13-10)12-8-11(3,4)14-18(5,15)16/h14H,6-8H2,1-5H3,(H,12,13). The minimum Gasteiger partial charge on any atom is -0.360 e. The molecule has 0 aromatic rings. The molecule has 7 heteroatoms. The SMILES string of the molecule is CC1(C)CCSC(=NCC(C)(C)NS(C)(=O)=O)N1. The van der Waals surface area contributed by atoms with Crippen LogP contribution in [0, 0.1) is 0 Å². The zero-order chi connectivity index (χ0) is 14.0. The maximum atomic E-state index is 11.2. The second-order valence-electron chi connectivity index (χ2n) is 5.99. The lowest BCUT2D eigenvalue weighted by molar-refractivity contribution is 0.440. The van der Waals surface area contributed by atoms with Crippen LogP contribution in [0.25, 0.3) is 0 Å². The molecular weight excluding hydrogens is 270 g/mol. The van der Waals surface area contributed by atoms with Crippen molar-refractivity contribution >= 4 is 27.0 Å². The summed E-state index contributed by atoms with van der Waals surface area (Å²) in [4.78, 5) is 4.48. The first-order chi connectivity index (χ1) is 7.99. The summed E-state index contributed by atoms with van der Waals surface area (Å²) >= 11 is 1.69. The highest BCUT2D eigenvalue weighted by molar-refractivity contribution is 8.13. The van der Waals surface area contributed by atoms with Gasteiger partial charge in [-0.3, -0.25) is 4.99 Å². The Kier molecular flexibility index (Phi) is 4.72. The number of nitrogens with zero attached hydrogens (tertiary/aromatic N) is 1. The second kappa shape index (κ2) is 5.38. The van der Waals surface area contributed by atoms with Crippen LogP contribution in [0.15, 0.2) is 4.99 Å². The molecule has 1 aliphatic heterocycles. The molecule has 5 nitrogen and oxygen atoms in total. The highest BCUT2D eigenvalue weighted by atomic mass is 32.2. The Balaban J connectivity index is 2.63. The Morgan fingerprint density at radius 1 is 1.50 bits per heavy atom. The summed E-state index contributed by atoms with van der Waals surface area (Å²) in [6.07, 6.45) is 2.26. The van der Waals surface area contributed by atoms with E-state index in [-0.39, 0.29) is 5.54 Å². The fraction of sp³-hybridized carbons (Fsp3) is 0.909. The van der Waals surface area contributed by atoms with Gasteiger partial charge >= 0.3 is 0 Å². The van der Waals surface area contributed by atoms with Gasteiger partial charge < -0.3 is 5.32 Å². The second-order valence-corrected chi connectivity index (χ2v) is 8.82. The predicted octanol–water partition coefficient (Wildman–Crippen LogP) is 1.18. The molecule has 0 amide bonds. The largest absolute Gasteiger partial charge is 0.360 e. The molecule has 0 saturated carbocycles. The van der Waals surface area contributed by atoms with Gasteiger partial charge in [-0.2, -0.15) is 0 Å². The minimum atomic E-state index is -3.20. The van der Waals surface area contributed by atoms with Crippen LogP contribution in [0.3, 0.4) is 0 Å². The summed E-state index contributed by atoms with van der Waals surface area (Å²) in [5.74, 6) is 1.04. The first-order valence-electron chi connectivity index (χ1n) is 5.94. The summed E-state index contributed by atoms with van der Waals surface area (Å²) < 4.78 is 25.0. The van der Waals surface area contributed by atoms with Crippen molar-refractivity contribution in [2.24, 2.45) is 4.99 Å². The first kappa shape index (κ1) is 15.8. The van der Waals surface area contributed by atoms with Gasteiger partial charge in [0.1, 0.15) is 0 Å². The third-order valence-electron chi connectivity index (χ3n) is 2.49. The number of amidine groups is 1. The number of thioether (sulfide) groups is 1. The molecule has 2 N–H and O–H groups in total. The normalized spacial score (nSPS) is 22.8. The van der Waals surface area contributed by atoms with Gasteiger partial charge in [0.25, 0.3) is 0 Å². The lowest BCUT2D eigenvalue weighted by Gasteiger charge is -2.33. The minimum absolute atomic E-state index is 0.0679. The van der Waals surface area contributed by atoms with E-state index in [0.29, 0.717) is 6.54 Å². The molecule has 0 aromatic heterocycles. The van der Waals surface area contributed by atoms with Crippen molar-refractivity contribution < 1.29 is 8.42 Å². The Morgan fingerprint density at radius 3 is 2.61 bits per heavy atom. The molecule has 1 rings (SSSR count). The maximum Gasteiger partial charge on any atom is 0.209 e. The molecule has 1 heterocycles. The number of hydrogen-bond acceptors (Lipinski definition) is 4. The van der Waals surface area contributed by atoms with Gasteiger partial charge in [0.2, 0.25) is 10.0 Å². The van der Waals surface area contributed by atoms with Gasteiger partial charge in [0, 0.05) is 16.8 Å². The van der Waals surface area contributed by atoms with E-state index in [9.17, 15) is 8.42 Å². The average molecular weight is 293 g/mol. The average Bonchev–Trinajstić information content (AvgIpc) is 2.09. The molecule has 0 unspecified atom stereocenters. The Morgan fingerprint density at radius 2 is 2.11 bits per heavy atom. The van der Waals surface area contributed by atoms with Crippen LogP contribution < -0.4 is 10.0 Å². The third-order valence-corrected chi connectivity index (χ3v) is 4.33. The van der Waals surface area contributed by atoms with Crippen LogP contribution in [-0.2, 0) is 10.0 Å². The topological polar surface area (TPSA) is 70.6 Å². The molecule has 1 saturated heterocycles. The molecule has 0 atom stereocenters. The molecular formula is C11H23N3O2S2. The number of nitrogens with one attached hydrogen (secondary N) is 2. The number of rotatable bonds is 4. The summed E-state index contributed by atoms with van der Waals surface area (Å²) in [7, 11) is -3.20. The lowest BCUT2D eigenvalue weighted by Crippen LogP contribution is -2.48. The summed E-state index contributed by atoms with van der Waals surface area (Å²) in [6, 6.07) is 0. The summed E-state index contributed by atoms with van der Waals surface area (Å²) in [5.41, 5.74) is -0.497. The van der Waals surface area contributed by atoms with E-state index in [1.165, 1.54) is 6.26 Å². The van der Waals surface area contributed by atoms with Crippen molar-refractivity contribution in [2.75, 3.05) is 18.6 Å². The van der Waals surface area contributed by atoms with Gasteiger partial charge in [0.05, 0.1) is 12.8 Å². The zero-order valence-electron chi connectivity index (χ0n) is 11.7. The van der Waals surface area contributed by atoms with Crippen molar-refractivity contribution in [1.29, 1.82) is 0 Å². The van der Waals surface area contributed by atoms with E-state index in [1.54, 1.807) is 11.8 Å². The predicted molar refractivity (Wildman–Crippen MR) is 78.7 cm³/mol. The highest BCUT2D eigenvalue weighted by Crippen LogP contribution is 2.21. The molecule has 0 radical (unpaired) electrons. The van der Waals surface area contributed by atoms with Crippen LogP contribution in [0.2, 0.25) is 0 Å². The van der Waals surface area contributed by atoms with E-state index in [2.05, 4.69) is 28.9 Å². The van der Waals surface area contributed by atoms with Gasteiger partial charge in [0.15, 0.2) is 5.17 Å². The Labute approximate surface area is 114 Å². The van der Waals surface area contributed by atoms with Gasteiger partial charge in [-0.25, -0.2) is 13.1 Å². The highest BCUT2D eigenvalue weighted by Gasteiger charge is 2.26. The molecule has 18 heavy (non-hydrogen) atoms. The third kappa shape index (κ3) is 6.06. The summed E-state index contributed by atoms with van der Waals surface area (Å²) in [6.45, 7) is 8.36. The van der Waals surface area contributed by atoms with Crippen molar-refractivity contribution in [1.82, 2.24) is 10.0 Å². The van der Waals surface area contributed by atoms with Crippen molar-refractivity contribution in [3.63, 3.8) is 0 Å². The van der Waals surface area contributed by atoms with Crippen LogP contribution in [0.4, 0.5) is 0 Å². The van der Waals surface area contributed by atoms with E-state index in [4.69, 9.17) is 0 Å². The van der Waals surface area contributed by atoms with Crippen molar-refractivity contribution in [3.8, 4) is 0 Å². The Hall–Kier alpha value is -0.270. The van der Waals surface area contributed by atoms with Gasteiger partial charge in [-0.1, -0.05) is 11.8 Å². The fourth-order valence-corrected chi connectivity index (χ4v) is 4.06. The van der Waals surface area contributed by atoms with Crippen LogP contribution >= 0.6 is 11.8 Å². The number of sulfonamides is 1. The van der Waals surface area contributed by atoms with Crippen LogP contribution in [0.1, 0.15) is 34.1 Å². The van der Waals surface area contributed by atoms with Gasteiger partial charge in [-0.05, 0) is 34.1 Å². The van der Waals surface area contributed by atoms with Crippen molar-refractivity contribution in [3.05, 3.63) is 0 Å². The molecule has 106 valence electrons. The monoisotopic (exact) mass is 293 g/mol. The maximum absolute atomic E-state index is 11.2. The number of hydrogen-bond donors (Lipinski definition) is 2. The molecule has 0 bridgehead atoms. The molecule has 0 spiro atoms. The fourth-order valence-electron chi connectivity index (χ4n) is 1.68. The van der Waals surface area contributed by atoms with E-state index in [1.807, 2.05) is 13.8 Å².